The molecule has 0 spiro atoms. The lowest BCUT2D eigenvalue weighted by molar-refractivity contribution is 0.0804. The minimum absolute atomic E-state index is 0.0368. The summed E-state index contributed by atoms with van der Waals surface area (Å²) in [7, 11) is 0. The molecule has 0 aliphatic carbocycles. The number of carbonyl (C=O) groups is 2. The van der Waals surface area contributed by atoms with E-state index in [1.54, 1.807) is 12.1 Å². The summed E-state index contributed by atoms with van der Waals surface area (Å²) in [5.74, 6) is -0.595. The maximum absolute atomic E-state index is 12.3. The summed E-state index contributed by atoms with van der Waals surface area (Å²) in [5.41, 5.74) is 0. The number of carbonyl (C=O) groups excluding carboxylic acids is 2. The van der Waals surface area contributed by atoms with Gasteiger partial charge in [0.25, 0.3) is 0 Å². The first-order valence-corrected chi connectivity index (χ1v) is 7.65. The first kappa shape index (κ1) is 13.2. The van der Waals surface area contributed by atoms with E-state index in [2.05, 4.69) is 0 Å². The molecule has 0 saturated carbocycles. The van der Waals surface area contributed by atoms with Crippen LogP contribution in [0, 0.1) is 5.92 Å². The molecule has 2 heterocycles. The molecule has 94 valence electrons. The minimum atomic E-state index is -0.521. The molecule has 0 atom stereocenters. The zero-order valence-corrected chi connectivity index (χ0v) is 11.7. The quantitative estimate of drug-likeness (QED) is 0.583. The van der Waals surface area contributed by atoms with E-state index in [1.807, 2.05) is 29.8 Å². The van der Waals surface area contributed by atoms with Gasteiger partial charge in [0, 0.05) is 0 Å². The highest BCUT2D eigenvalue weighted by Gasteiger charge is 2.28. The van der Waals surface area contributed by atoms with Crippen molar-refractivity contribution in [3.63, 3.8) is 0 Å². The van der Waals surface area contributed by atoms with Crippen LogP contribution in [0.2, 0.25) is 0 Å². The van der Waals surface area contributed by atoms with Gasteiger partial charge in [-0.25, -0.2) is 0 Å². The Morgan fingerprint density at radius 1 is 1.06 bits per heavy atom. The van der Waals surface area contributed by atoms with Crippen molar-refractivity contribution in [1.82, 2.24) is 0 Å². The molecule has 0 amide bonds. The summed E-state index contributed by atoms with van der Waals surface area (Å²) < 4.78 is 0. The average molecular weight is 278 g/mol. The van der Waals surface area contributed by atoms with Crippen molar-refractivity contribution in [1.29, 1.82) is 0 Å². The highest BCUT2D eigenvalue weighted by atomic mass is 32.1. The fraction of sp³-hybridized carbons (Fsp3) is 0.286. The molecule has 0 aliphatic heterocycles. The van der Waals surface area contributed by atoms with Crippen molar-refractivity contribution < 1.29 is 9.59 Å². The molecule has 4 heteroatoms. The Bertz CT molecular complexity index is 466. The summed E-state index contributed by atoms with van der Waals surface area (Å²) >= 11 is 2.80. The van der Waals surface area contributed by atoms with Gasteiger partial charge in [-0.05, 0) is 29.3 Å². The van der Waals surface area contributed by atoms with Crippen LogP contribution in [0.4, 0.5) is 0 Å². The van der Waals surface area contributed by atoms with Crippen molar-refractivity contribution in [3.8, 4) is 0 Å². The number of rotatable bonds is 6. The van der Waals surface area contributed by atoms with Gasteiger partial charge in [-0.3, -0.25) is 9.59 Å². The summed E-state index contributed by atoms with van der Waals surface area (Å²) in [5, 5.41) is 3.73. The van der Waals surface area contributed by atoms with Gasteiger partial charge in [0.15, 0.2) is 11.6 Å². The maximum atomic E-state index is 12.3. The van der Waals surface area contributed by atoms with Crippen LogP contribution in [0.15, 0.2) is 35.0 Å². The lowest BCUT2D eigenvalue weighted by atomic mass is 9.92. The third-order valence-electron chi connectivity index (χ3n) is 2.74. The van der Waals surface area contributed by atoms with E-state index in [-0.39, 0.29) is 11.6 Å². The van der Waals surface area contributed by atoms with Crippen LogP contribution >= 0.6 is 22.7 Å². The van der Waals surface area contributed by atoms with Crippen molar-refractivity contribution in [3.05, 3.63) is 44.8 Å². The largest absolute Gasteiger partial charge is 0.292 e. The minimum Gasteiger partial charge on any atom is -0.292 e. The number of thiophene rings is 2. The molecule has 2 rings (SSSR count). The summed E-state index contributed by atoms with van der Waals surface area (Å²) in [6.45, 7) is 2.00. The molecule has 0 unspecified atom stereocenters. The van der Waals surface area contributed by atoms with E-state index < -0.39 is 5.92 Å². The second-order valence-electron chi connectivity index (χ2n) is 4.02. The number of Topliss-reactive ketones (excluding diaryl/α,β-unsaturated/α-hetero) is 2. The van der Waals surface area contributed by atoms with E-state index >= 15 is 0 Å². The molecule has 2 aromatic rings. The molecule has 0 saturated heterocycles. The second-order valence-corrected chi connectivity index (χ2v) is 5.92. The predicted molar refractivity (Wildman–Crippen MR) is 75.7 cm³/mol. The van der Waals surface area contributed by atoms with Gasteiger partial charge in [0.1, 0.15) is 0 Å². The van der Waals surface area contributed by atoms with Crippen molar-refractivity contribution in [2.75, 3.05) is 0 Å². The Balaban J connectivity index is 2.23. The Morgan fingerprint density at radius 2 is 1.56 bits per heavy atom. The molecule has 18 heavy (non-hydrogen) atoms. The van der Waals surface area contributed by atoms with Crippen molar-refractivity contribution >= 4 is 34.2 Å². The van der Waals surface area contributed by atoms with E-state index in [9.17, 15) is 9.59 Å². The Morgan fingerprint density at radius 3 is 1.89 bits per heavy atom. The number of ketones is 2. The zero-order valence-electron chi connectivity index (χ0n) is 10.1. The van der Waals surface area contributed by atoms with Crippen LogP contribution in [0.1, 0.15) is 39.1 Å². The maximum Gasteiger partial charge on any atom is 0.183 e. The molecule has 0 fully saturated rings. The van der Waals surface area contributed by atoms with Gasteiger partial charge in [-0.1, -0.05) is 25.5 Å². The van der Waals surface area contributed by atoms with E-state index in [0.29, 0.717) is 16.2 Å². The highest BCUT2D eigenvalue weighted by Crippen LogP contribution is 2.24. The molecule has 2 aromatic heterocycles. The Labute approximate surface area is 114 Å². The van der Waals surface area contributed by atoms with Crippen molar-refractivity contribution in [2.24, 2.45) is 5.92 Å². The number of hydrogen-bond acceptors (Lipinski definition) is 4. The lowest BCUT2D eigenvalue weighted by Gasteiger charge is -2.11. The smallest absolute Gasteiger partial charge is 0.183 e. The van der Waals surface area contributed by atoms with Crippen LogP contribution in [0.3, 0.4) is 0 Å². The first-order valence-electron chi connectivity index (χ1n) is 5.89. The van der Waals surface area contributed by atoms with E-state index in [4.69, 9.17) is 0 Å². The monoisotopic (exact) mass is 278 g/mol. The molecular weight excluding hydrogens is 264 g/mol. The normalized spacial score (nSPS) is 10.8. The van der Waals surface area contributed by atoms with Crippen molar-refractivity contribution in [2.45, 2.75) is 19.8 Å². The van der Waals surface area contributed by atoms with Gasteiger partial charge < -0.3 is 0 Å². The molecule has 0 bridgehead atoms. The van der Waals surface area contributed by atoms with Gasteiger partial charge in [-0.15, -0.1) is 22.7 Å². The molecule has 0 aromatic carbocycles. The Kier molecular flexibility index (Phi) is 4.44. The van der Waals surface area contributed by atoms with E-state index in [1.165, 1.54) is 22.7 Å². The lowest BCUT2D eigenvalue weighted by Crippen LogP contribution is -2.23. The predicted octanol–water partition coefficient (Wildman–Crippen LogP) is 4.29. The third-order valence-corrected chi connectivity index (χ3v) is 4.51. The van der Waals surface area contributed by atoms with E-state index in [0.717, 1.165) is 6.42 Å². The van der Waals surface area contributed by atoms with Crippen LogP contribution in [-0.4, -0.2) is 11.6 Å². The molecule has 0 radical (unpaired) electrons. The van der Waals surface area contributed by atoms with Gasteiger partial charge >= 0.3 is 0 Å². The Hall–Kier alpha value is -1.26. The fourth-order valence-corrected chi connectivity index (χ4v) is 3.29. The highest BCUT2D eigenvalue weighted by molar-refractivity contribution is 7.12. The summed E-state index contributed by atoms with van der Waals surface area (Å²) in [6.07, 6.45) is 1.45. The second kappa shape index (κ2) is 6.07. The van der Waals surface area contributed by atoms with Gasteiger partial charge in [-0.2, -0.15) is 0 Å². The molecule has 0 aliphatic rings. The summed E-state index contributed by atoms with van der Waals surface area (Å²) in [4.78, 5) is 26.0. The topological polar surface area (TPSA) is 34.1 Å². The third kappa shape index (κ3) is 2.76. The molecule has 0 N–H and O–H groups in total. The average Bonchev–Trinajstić information content (AvgIpc) is 3.04. The SMILES string of the molecule is CCCC(C(=O)c1cccs1)C(=O)c1cccs1. The molecule has 2 nitrogen and oxygen atoms in total. The van der Waals surface area contributed by atoms with Gasteiger partial charge in [0.05, 0.1) is 15.7 Å². The summed E-state index contributed by atoms with van der Waals surface area (Å²) in [6, 6.07) is 7.27. The fourth-order valence-electron chi connectivity index (χ4n) is 1.85. The van der Waals surface area contributed by atoms with Crippen LogP contribution < -0.4 is 0 Å². The van der Waals surface area contributed by atoms with Gasteiger partial charge in [0.2, 0.25) is 0 Å². The number of hydrogen-bond donors (Lipinski definition) is 0. The molecular formula is C14H14O2S2. The van der Waals surface area contributed by atoms with Crippen LogP contribution in [-0.2, 0) is 0 Å². The zero-order chi connectivity index (χ0) is 13.0. The first-order chi connectivity index (χ1) is 8.74. The van der Waals surface area contributed by atoms with Crippen LogP contribution in [0.5, 0.6) is 0 Å². The van der Waals surface area contributed by atoms with Crippen LogP contribution in [0.25, 0.3) is 0 Å². The standard InChI is InChI=1S/C14H14O2S2/c1-2-5-10(13(15)11-6-3-8-17-11)14(16)12-7-4-9-18-12/h3-4,6-10H,2,5H2,1H3.